The number of carbonyl (C=O) groups is 1. The number of hydrazine groups is 1. The molecule has 0 spiro atoms. The number of para-hydroxylation sites is 1. The first-order chi connectivity index (χ1) is 11.7. The second-order valence-corrected chi connectivity index (χ2v) is 5.18. The van der Waals surface area contributed by atoms with Gasteiger partial charge in [-0.25, -0.2) is 9.40 Å². The molecule has 3 aromatic rings. The number of aromatic nitrogens is 1. The fourth-order valence-electron chi connectivity index (χ4n) is 2.26. The van der Waals surface area contributed by atoms with Gasteiger partial charge in [0.05, 0.1) is 12.2 Å². The average molecular weight is 321 g/mol. The highest BCUT2D eigenvalue weighted by molar-refractivity contribution is 5.93. The Kier molecular flexibility index (Phi) is 4.81. The summed E-state index contributed by atoms with van der Waals surface area (Å²) >= 11 is 0. The molecule has 2 aromatic carbocycles. The SMILES string of the molecule is O=C(c1ccccn1)N(Cc1ccccc1F)Nc1ccccc1. The molecule has 0 atom stereocenters. The molecule has 1 heterocycles. The Balaban J connectivity index is 1.88. The van der Waals surface area contributed by atoms with Crippen LogP contribution in [0.2, 0.25) is 0 Å². The molecule has 0 saturated carbocycles. The number of hydrogen-bond donors (Lipinski definition) is 1. The van der Waals surface area contributed by atoms with E-state index in [9.17, 15) is 9.18 Å². The topological polar surface area (TPSA) is 45.2 Å². The molecule has 0 saturated heterocycles. The number of anilines is 1. The van der Waals surface area contributed by atoms with E-state index in [4.69, 9.17) is 0 Å². The van der Waals surface area contributed by atoms with E-state index in [1.54, 1.807) is 42.6 Å². The number of halogens is 1. The quantitative estimate of drug-likeness (QED) is 0.725. The van der Waals surface area contributed by atoms with Crippen LogP contribution in [-0.2, 0) is 6.54 Å². The summed E-state index contributed by atoms with van der Waals surface area (Å²) < 4.78 is 14.0. The molecule has 0 aliphatic heterocycles. The molecule has 120 valence electrons. The molecule has 1 aromatic heterocycles. The van der Waals surface area contributed by atoms with Gasteiger partial charge in [0.15, 0.2) is 0 Å². The minimum atomic E-state index is -0.355. The number of rotatable bonds is 5. The number of hydrogen-bond acceptors (Lipinski definition) is 3. The van der Waals surface area contributed by atoms with Crippen molar-refractivity contribution in [2.75, 3.05) is 5.43 Å². The Morgan fingerprint density at radius 3 is 2.38 bits per heavy atom. The molecule has 0 bridgehead atoms. The Hall–Kier alpha value is -3.21. The van der Waals surface area contributed by atoms with Crippen LogP contribution >= 0.6 is 0 Å². The van der Waals surface area contributed by atoms with Crippen LogP contribution in [0.5, 0.6) is 0 Å². The maximum atomic E-state index is 14.0. The summed E-state index contributed by atoms with van der Waals surface area (Å²) in [5, 5.41) is 1.36. The molecule has 24 heavy (non-hydrogen) atoms. The lowest BCUT2D eigenvalue weighted by Gasteiger charge is -2.24. The molecule has 1 amide bonds. The molecule has 0 aliphatic rings. The molecule has 0 radical (unpaired) electrons. The molecule has 3 rings (SSSR count). The third kappa shape index (κ3) is 3.76. The lowest BCUT2D eigenvalue weighted by atomic mass is 10.2. The van der Waals surface area contributed by atoms with Crippen molar-refractivity contribution in [2.24, 2.45) is 0 Å². The van der Waals surface area contributed by atoms with Gasteiger partial charge in [-0.1, -0.05) is 42.5 Å². The zero-order valence-corrected chi connectivity index (χ0v) is 12.9. The monoisotopic (exact) mass is 321 g/mol. The summed E-state index contributed by atoms with van der Waals surface area (Å²) in [6.45, 7) is 0.0803. The van der Waals surface area contributed by atoms with Crippen molar-refractivity contribution in [3.63, 3.8) is 0 Å². The van der Waals surface area contributed by atoms with Crippen molar-refractivity contribution in [3.8, 4) is 0 Å². The highest BCUT2D eigenvalue weighted by Gasteiger charge is 2.18. The third-order valence-electron chi connectivity index (χ3n) is 3.45. The van der Waals surface area contributed by atoms with E-state index in [2.05, 4.69) is 10.4 Å². The Labute approximate surface area is 139 Å². The van der Waals surface area contributed by atoms with Crippen LogP contribution in [-0.4, -0.2) is 15.9 Å². The fraction of sp³-hybridized carbons (Fsp3) is 0.0526. The number of nitrogens with one attached hydrogen (secondary N) is 1. The van der Waals surface area contributed by atoms with Gasteiger partial charge in [0.2, 0.25) is 0 Å². The molecule has 5 heteroatoms. The van der Waals surface area contributed by atoms with Crippen molar-refractivity contribution < 1.29 is 9.18 Å². The molecule has 4 nitrogen and oxygen atoms in total. The number of pyridine rings is 1. The summed E-state index contributed by atoms with van der Waals surface area (Å²) in [6.07, 6.45) is 1.55. The maximum Gasteiger partial charge on any atom is 0.291 e. The van der Waals surface area contributed by atoms with E-state index in [1.165, 1.54) is 11.1 Å². The van der Waals surface area contributed by atoms with Gasteiger partial charge in [-0.05, 0) is 30.3 Å². The van der Waals surface area contributed by atoms with Crippen LogP contribution in [0.4, 0.5) is 10.1 Å². The Bertz CT molecular complexity index is 809. The van der Waals surface area contributed by atoms with E-state index < -0.39 is 0 Å². The fourth-order valence-corrected chi connectivity index (χ4v) is 2.26. The first-order valence-corrected chi connectivity index (χ1v) is 7.52. The predicted molar refractivity (Wildman–Crippen MR) is 90.6 cm³/mol. The predicted octanol–water partition coefficient (Wildman–Crippen LogP) is 3.89. The molecular formula is C19H16FN3O. The zero-order valence-electron chi connectivity index (χ0n) is 12.9. The Morgan fingerprint density at radius 2 is 1.67 bits per heavy atom. The number of nitrogens with zero attached hydrogens (tertiary/aromatic N) is 2. The van der Waals surface area contributed by atoms with Gasteiger partial charge >= 0.3 is 0 Å². The van der Waals surface area contributed by atoms with Crippen LogP contribution in [0.25, 0.3) is 0 Å². The molecular weight excluding hydrogens is 305 g/mol. The number of amides is 1. The highest BCUT2D eigenvalue weighted by atomic mass is 19.1. The van der Waals surface area contributed by atoms with Crippen LogP contribution in [0.1, 0.15) is 16.1 Å². The minimum Gasteiger partial charge on any atom is -0.295 e. The van der Waals surface area contributed by atoms with Gasteiger partial charge in [0, 0.05) is 11.8 Å². The average Bonchev–Trinajstić information content (AvgIpc) is 2.64. The maximum absolute atomic E-state index is 14.0. The molecule has 1 N–H and O–H groups in total. The second-order valence-electron chi connectivity index (χ2n) is 5.18. The molecule has 0 unspecified atom stereocenters. The lowest BCUT2D eigenvalue weighted by Crippen LogP contribution is -2.36. The van der Waals surface area contributed by atoms with Gasteiger partial charge in [0.25, 0.3) is 5.91 Å². The van der Waals surface area contributed by atoms with E-state index in [-0.39, 0.29) is 24.0 Å². The second kappa shape index (κ2) is 7.37. The van der Waals surface area contributed by atoms with Crippen molar-refractivity contribution in [2.45, 2.75) is 6.54 Å². The van der Waals surface area contributed by atoms with Crippen LogP contribution < -0.4 is 5.43 Å². The number of carbonyl (C=O) groups excluding carboxylic acids is 1. The number of benzene rings is 2. The summed E-state index contributed by atoms with van der Waals surface area (Å²) in [5.41, 5.74) is 4.48. The van der Waals surface area contributed by atoms with Gasteiger partial charge in [-0.3, -0.25) is 15.2 Å². The lowest BCUT2D eigenvalue weighted by molar-refractivity contribution is 0.0776. The summed E-state index contributed by atoms with van der Waals surface area (Å²) in [5.74, 6) is -0.686. The normalized spacial score (nSPS) is 10.2. The standard InChI is InChI=1S/C19H16FN3O/c20-17-11-5-4-8-15(17)14-23(22-16-9-2-1-3-10-16)19(24)18-12-6-7-13-21-18/h1-13,22H,14H2. The largest absolute Gasteiger partial charge is 0.295 e. The third-order valence-corrected chi connectivity index (χ3v) is 3.45. The van der Waals surface area contributed by atoms with Crippen molar-refractivity contribution >= 4 is 11.6 Å². The van der Waals surface area contributed by atoms with E-state index in [0.29, 0.717) is 5.56 Å². The molecule has 0 fully saturated rings. The Morgan fingerprint density at radius 1 is 0.958 bits per heavy atom. The summed E-state index contributed by atoms with van der Waals surface area (Å²) in [7, 11) is 0. The van der Waals surface area contributed by atoms with E-state index >= 15 is 0 Å². The first kappa shape index (κ1) is 15.7. The summed E-state index contributed by atoms with van der Waals surface area (Å²) in [4.78, 5) is 16.8. The highest BCUT2D eigenvalue weighted by Crippen LogP contribution is 2.15. The smallest absolute Gasteiger partial charge is 0.291 e. The first-order valence-electron chi connectivity index (χ1n) is 7.52. The van der Waals surface area contributed by atoms with Gasteiger partial charge in [-0.15, -0.1) is 0 Å². The van der Waals surface area contributed by atoms with E-state index in [0.717, 1.165) is 5.69 Å². The van der Waals surface area contributed by atoms with E-state index in [1.807, 2.05) is 30.3 Å². The van der Waals surface area contributed by atoms with Gasteiger partial charge in [-0.2, -0.15) is 0 Å². The van der Waals surface area contributed by atoms with Crippen LogP contribution in [0.3, 0.4) is 0 Å². The van der Waals surface area contributed by atoms with Crippen molar-refractivity contribution in [3.05, 3.63) is 96.1 Å². The molecule has 0 aliphatic carbocycles. The zero-order chi connectivity index (χ0) is 16.8. The van der Waals surface area contributed by atoms with Crippen molar-refractivity contribution in [1.29, 1.82) is 0 Å². The van der Waals surface area contributed by atoms with Crippen LogP contribution in [0, 0.1) is 5.82 Å². The van der Waals surface area contributed by atoms with Gasteiger partial charge < -0.3 is 0 Å². The minimum absolute atomic E-state index is 0.0803. The van der Waals surface area contributed by atoms with Gasteiger partial charge in [0.1, 0.15) is 11.5 Å². The summed E-state index contributed by atoms with van der Waals surface area (Å²) in [6, 6.07) is 20.8. The van der Waals surface area contributed by atoms with Crippen LogP contribution in [0.15, 0.2) is 79.0 Å². The van der Waals surface area contributed by atoms with Crippen molar-refractivity contribution in [1.82, 2.24) is 9.99 Å².